The number of ether oxygens (including phenoxy) is 1. The summed E-state index contributed by atoms with van der Waals surface area (Å²) in [6.07, 6.45) is 25.9. The molecule has 1 aliphatic carbocycles. The van der Waals surface area contributed by atoms with Gasteiger partial charge in [-0.3, -0.25) is 38.4 Å². The molecule has 8 aromatic rings. The summed E-state index contributed by atoms with van der Waals surface area (Å²) >= 11 is 5.08. The first kappa shape index (κ1) is 121. The van der Waals surface area contributed by atoms with Crippen LogP contribution >= 0.6 is 11.6 Å². The van der Waals surface area contributed by atoms with Crippen molar-refractivity contribution in [3.8, 4) is 58.1 Å². The second-order valence-corrected chi connectivity index (χ2v) is 42.2. The van der Waals surface area contributed by atoms with Crippen LogP contribution in [0, 0.1) is 75.4 Å². The minimum absolute atomic E-state index is 0. The summed E-state index contributed by atoms with van der Waals surface area (Å²) in [6.45, 7) is 32.7. The number of nitrogens with zero attached hydrogens (tertiary/aromatic N) is 3. The second kappa shape index (κ2) is 61.7. The maximum absolute atomic E-state index is 12.7. The van der Waals surface area contributed by atoms with Gasteiger partial charge < -0.3 is 75.2 Å². The normalized spacial score (nSPS) is 11.5. The fourth-order valence-electron chi connectivity index (χ4n) is 8.04. The number of terminal acetylenes is 1. The predicted octanol–water partition coefficient (Wildman–Crippen LogP) is 4.75. The predicted molar refractivity (Wildman–Crippen MR) is 437 cm³/mol. The first-order valence-electron chi connectivity index (χ1n) is 33.4. The Morgan fingerprint density at radius 2 is 0.991 bits per heavy atom. The number of esters is 1. The Hall–Kier alpha value is -6.49. The van der Waals surface area contributed by atoms with Crippen LogP contribution in [0.15, 0.2) is 190 Å². The molecule has 0 radical (unpaired) electrons. The number of phenols is 1. The van der Waals surface area contributed by atoms with E-state index in [2.05, 4.69) is 102 Å². The molecular formula is C83H91BrClF3K2LiMgN3O18SSi3. The van der Waals surface area contributed by atoms with E-state index in [1.54, 1.807) is 94.4 Å². The number of aryl methyl sites for hydroxylation is 3. The number of hydrogen-bond acceptors (Lipinski definition) is 21. The number of phenolic OH excluding ortho intramolecular Hbond substituents is 1. The summed E-state index contributed by atoms with van der Waals surface area (Å²) in [5.74, 6) is 8.40. The molecule has 3 heterocycles. The number of ketones is 3. The van der Waals surface area contributed by atoms with Gasteiger partial charge in [-0.15, -0.1) is 29.4 Å². The van der Waals surface area contributed by atoms with Gasteiger partial charge in [-0.1, -0.05) is 180 Å². The standard InChI is InChI=1S/C18H21NO2Si.C15H13NO2.C14H17F3O3SSi.C9H8O3.C8H8O.C7H6O2.C5H4ClNO2.C5H9Si.CH2O3.CH3.BrH.2K.Li.Mg.H/c1-13(10-11-22(3,4)5)15-8-6-7-9-16(15)17(20)18-14(2)19-12-21-18;1-4-10(2)12-7-5-6-8-13(12)14(17)15-11(3)16-9-18-15;1-11(9-10-22(2,3)4)12-7-5-6-8-13(12)20-21(18,19)14(15,16)17;1-7(11)12-9-5-3-2-4-8(9)6-10;1-2-7-5-3-4-6-8(7)9;8-5-6-3-1-2-4-7(6)9;1-3-4(5(6)8)9-2-7-3;1-5-6(2,3)4;2-1-4-3;;;;;;;/h6-9,12-13H,1-5H3;1,5-10H,2-3H3;5-8,11H,1-4H3;2-6H,1H3;2-6H,1H3;1-5,9H;2H,1H3;2-4H3;1,3H;1H3;1H;;;;;/q;;;;;;;-1;;-1;;3*+1;+2;-1/p-2/b;;;;7-2+;;;;;;;;;;;. The van der Waals surface area contributed by atoms with Crippen LogP contribution in [0.3, 0.4) is 0 Å². The molecule has 117 heavy (non-hydrogen) atoms. The molecule has 0 amide bonds. The molecule has 5 aromatic carbocycles. The van der Waals surface area contributed by atoms with E-state index in [9.17, 15) is 55.2 Å². The largest absolute Gasteiger partial charge is 2.00 e. The molecule has 0 saturated carbocycles. The Morgan fingerprint density at radius 3 is 1.31 bits per heavy atom. The summed E-state index contributed by atoms with van der Waals surface area (Å²) in [7, 11) is -9.99. The van der Waals surface area contributed by atoms with Crippen molar-refractivity contribution in [3.63, 3.8) is 0 Å². The van der Waals surface area contributed by atoms with Crippen LogP contribution in [0.5, 0.6) is 17.2 Å². The van der Waals surface area contributed by atoms with Gasteiger partial charge in [0.05, 0.1) is 36.3 Å². The Labute approximate surface area is 817 Å². The zero-order valence-electron chi connectivity index (χ0n) is 70.4. The Balaban J connectivity index is -0.000000242. The third kappa shape index (κ3) is 47.3. The molecule has 0 spiro atoms. The average molecular weight is 1820 g/mol. The molecule has 1 aliphatic rings. The number of oxazole rings is 3. The molecule has 0 fully saturated rings. The van der Waals surface area contributed by atoms with Crippen molar-refractivity contribution in [3.05, 3.63) is 264 Å². The van der Waals surface area contributed by atoms with Crippen molar-refractivity contribution in [1.29, 1.82) is 0 Å². The molecule has 9 rings (SSSR count). The Bertz CT molecular complexity index is 4930. The molecule has 3 unspecified atom stereocenters. The van der Waals surface area contributed by atoms with Gasteiger partial charge in [-0.25, -0.2) is 15.0 Å². The number of rotatable bonds is 14. The van der Waals surface area contributed by atoms with Gasteiger partial charge in [0.15, 0.2) is 49.1 Å². The summed E-state index contributed by atoms with van der Waals surface area (Å²) in [6, 6.07) is 33.5. The van der Waals surface area contributed by atoms with E-state index in [0.717, 1.165) is 16.7 Å². The molecule has 0 aliphatic heterocycles. The minimum Gasteiger partial charge on any atom is -1.00 e. The Morgan fingerprint density at radius 1 is 0.632 bits per heavy atom. The number of aromatic nitrogens is 3. The van der Waals surface area contributed by atoms with Crippen molar-refractivity contribution in [1.82, 2.24) is 15.0 Å². The molecule has 3 aromatic heterocycles. The first-order valence-corrected chi connectivity index (χ1v) is 45.6. The molecule has 21 nitrogen and oxygen atoms in total. The SMILES string of the molecule is C#CC(C)c1ccccc1C(=O)c1ocnc1C.C/C=C1\C=CC=CC1=O.CC(=O)Oc1ccccc1C=O.CC(C#C[Si](C)(C)C)c1ccccc1OS(=O)(=O)C(F)(F)F.Cc1ncoc1C(=O)Cl.Cc1ncoc1C(=O)c1ccccc1C(C)C#C[Si](C)(C)C.O=CO[O-].O=Cc1ccccc1O.[Br-].[C-]#C[Si](C)(C)C.[CH3-].[H-].[K+].[K+].[Li+].[Mg+2]. The molecule has 34 heteroatoms. The third-order valence-electron chi connectivity index (χ3n) is 13.6. The van der Waals surface area contributed by atoms with Crippen LogP contribution in [-0.2, 0) is 29.4 Å². The molecule has 3 atom stereocenters. The smallest absolute Gasteiger partial charge is 1.00 e. The van der Waals surface area contributed by atoms with Crippen LogP contribution in [0.1, 0.15) is 151 Å². The number of aromatic hydroxyl groups is 1. The van der Waals surface area contributed by atoms with Crippen LogP contribution in [0.25, 0.3) is 0 Å². The average Bonchev–Trinajstić information content (AvgIpc) is 0.935. The zero-order valence-corrected chi connectivity index (χ0v) is 83.3. The van der Waals surface area contributed by atoms with Crippen LogP contribution in [0.4, 0.5) is 13.2 Å². The summed E-state index contributed by atoms with van der Waals surface area (Å²) in [4.78, 5) is 100. The maximum Gasteiger partial charge on any atom is 2.00 e. The number of benzene rings is 5. The number of carbonyl (C=O) groups excluding carboxylic acids is 8. The summed E-state index contributed by atoms with van der Waals surface area (Å²) in [5.41, 5.74) is 10.0. The minimum atomic E-state index is -5.69. The van der Waals surface area contributed by atoms with Crippen molar-refractivity contribution >= 4 is 117 Å². The van der Waals surface area contributed by atoms with Crippen LogP contribution in [0.2, 0.25) is 58.9 Å². The molecule has 0 saturated heterocycles. The van der Waals surface area contributed by atoms with E-state index in [-0.39, 0.29) is 229 Å². The third-order valence-corrected chi connectivity index (χ3v) is 17.3. The monoisotopic (exact) mass is 1810 g/mol. The molecule has 604 valence electrons. The van der Waals surface area contributed by atoms with Gasteiger partial charge in [0.1, 0.15) is 33.4 Å². The van der Waals surface area contributed by atoms with E-state index in [4.69, 9.17) is 53.2 Å². The van der Waals surface area contributed by atoms with E-state index in [1.807, 2.05) is 101 Å². The molecular weight excluding hydrogens is 1730 g/mol. The number of carbonyl (C=O) groups is 8. The molecule has 0 bridgehead atoms. The maximum atomic E-state index is 12.7. The van der Waals surface area contributed by atoms with Crippen molar-refractivity contribution in [2.24, 2.45) is 0 Å². The van der Waals surface area contributed by atoms with Crippen molar-refractivity contribution < 1.29 is 237 Å². The van der Waals surface area contributed by atoms with Crippen LogP contribution < -0.4 is 153 Å². The number of para-hydroxylation sites is 3. The number of alkyl halides is 3. The van der Waals surface area contributed by atoms with Gasteiger partial charge in [0.25, 0.3) is 11.7 Å². The molecule has 1 N–H and O–H groups in total. The van der Waals surface area contributed by atoms with Gasteiger partial charge in [-0.05, 0) is 108 Å². The van der Waals surface area contributed by atoms with Crippen molar-refractivity contribution in [2.45, 2.75) is 138 Å². The Kier molecular flexibility index (Phi) is 64.0. The van der Waals surface area contributed by atoms with Gasteiger partial charge in [-0.2, -0.15) is 21.6 Å². The van der Waals surface area contributed by atoms with Gasteiger partial charge in [0, 0.05) is 46.9 Å². The summed E-state index contributed by atoms with van der Waals surface area (Å²) < 4.78 is 83.6. The van der Waals surface area contributed by atoms with E-state index in [0.29, 0.717) is 69.0 Å². The van der Waals surface area contributed by atoms with Gasteiger partial charge in [0.2, 0.25) is 17.3 Å². The van der Waals surface area contributed by atoms with Gasteiger partial charge >= 0.3 is 166 Å². The quantitative estimate of drug-likeness (QED) is 0.0122. The zero-order chi connectivity index (χ0) is 84.5. The summed E-state index contributed by atoms with van der Waals surface area (Å²) in [5, 5.41) is 16.7. The van der Waals surface area contributed by atoms with Crippen molar-refractivity contribution in [2.75, 3.05) is 0 Å². The van der Waals surface area contributed by atoms with E-state index < -0.39 is 57.0 Å². The first-order chi connectivity index (χ1) is 51.9. The fraction of sp³-hybridized carbons (Fsp3) is 0.253. The number of hydrogen-bond donors (Lipinski definition) is 1. The van der Waals surface area contributed by atoms with E-state index >= 15 is 0 Å². The number of halogens is 5. The number of aldehydes is 2. The fourth-order valence-corrected chi connectivity index (χ4v) is 10.0. The topological polar surface area (TPSA) is 320 Å². The second-order valence-electron chi connectivity index (χ2n) is 26.1. The van der Waals surface area contributed by atoms with Crippen LogP contribution in [-0.4, -0.2) is 129 Å². The van der Waals surface area contributed by atoms with E-state index in [1.165, 1.54) is 50.4 Å². The number of allylic oxidation sites excluding steroid dienone is 6.